The Balaban J connectivity index is 1.81. The second kappa shape index (κ2) is 5.37. The third kappa shape index (κ3) is 2.83. The van der Waals surface area contributed by atoms with Crippen molar-refractivity contribution in [2.24, 2.45) is 5.92 Å². The third-order valence-corrected chi connectivity index (χ3v) is 5.33. The van der Waals surface area contributed by atoms with E-state index in [0.717, 1.165) is 26.9 Å². The minimum absolute atomic E-state index is 0.0482. The Morgan fingerprint density at radius 3 is 3.00 bits per heavy atom. The quantitative estimate of drug-likeness (QED) is 0.867. The van der Waals surface area contributed by atoms with Crippen LogP contribution in [0, 0.1) is 5.92 Å². The van der Waals surface area contributed by atoms with Gasteiger partial charge in [-0.1, -0.05) is 28.8 Å². The molecule has 0 aliphatic heterocycles. The lowest BCUT2D eigenvalue weighted by molar-refractivity contribution is 0.0942. The minimum Gasteiger partial charge on any atom is -0.397 e. The third-order valence-electron chi connectivity index (χ3n) is 3.66. The molecule has 1 saturated carbocycles. The van der Waals surface area contributed by atoms with Crippen LogP contribution in [0.15, 0.2) is 22.7 Å². The number of hydrogen-bond acceptors (Lipinski definition) is 3. The van der Waals surface area contributed by atoms with Gasteiger partial charge in [0.05, 0.1) is 5.69 Å². The van der Waals surface area contributed by atoms with Crippen LogP contribution in [0.3, 0.4) is 0 Å². The van der Waals surface area contributed by atoms with E-state index in [9.17, 15) is 4.79 Å². The van der Waals surface area contributed by atoms with Crippen molar-refractivity contribution < 1.29 is 4.79 Å². The molecule has 1 amide bonds. The maximum Gasteiger partial charge on any atom is 0.263 e. The normalized spacial score (nSPS) is 16.3. The van der Waals surface area contributed by atoms with Crippen molar-refractivity contribution in [1.82, 2.24) is 5.32 Å². The summed E-state index contributed by atoms with van der Waals surface area (Å²) in [6.07, 6.45) is 3.68. The molecule has 106 valence electrons. The van der Waals surface area contributed by atoms with Gasteiger partial charge in [0.1, 0.15) is 4.88 Å². The number of anilines is 1. The molecule has 1 aromatic heterocycles. The van der Waals surface area contributed by atoms with E-state index in [0.29, 0.717) is 10.6 Å². The van der Waals surface area contributed by atoms with E-state index in [1.54, 1.807) is 0 Å². The summed E-state index contributed by atoms with van der Waals surface area (Å²) in [6, 6.07) is 6.14. The first-order valence-electron chi connectivity index (χ1n) is 6.83. The van der Waals surface area contributed by atoms with Crippen LogP contribution in [0.5, 0.6) is 0 Å². The number of fused-ring (bicyclic) bond motifs is 1. The number of nitrogens with two attached hydrogens (primary N) is 1. The standard InChI is InChI=1S/C15H17BrN2OS/c1-8(6-9-2-3-9)18-15(19)14-13(17)11-7-10(16)4-5-12(11)20-14/h4-5,7-9H,2-3,6,17H2,1H3,(H,18,19). The topological polar surface area (TPSA) is 55.1 Å². The van der Waals surface area contributed by atoms with Crippen LogP contribution < -0.4 is 11.1 Å². The Bertz CT molecular complexity index is 663. The SMILES string of the molecule is CC(CC1CC1)NC(=O)c1sc2ccc(Br)cc2c1N. The fourth-order valence-electron chi connectivity index (χ4n) is 2.46. The van der Waals surface area contributed by atoms with Crippen molar-refractivity contribution in [3.05, 3.63) is 27.5 Å². The van der Waals surface area contributed by atoms with Gasteiger partial charge in [-0.15, -0.1) is 11.3 Å². The van der Waals surface area contributed by atoms with Gasteiger partial charge in [0.2, 0.25) is 0 Å². The number of nitrogen functional groups attached to an aromatic ring is 1. The molecule has 0 spiro atoms. The molecule has 0 saturated heterocycles. The first-order valence-corrected chi connectivity index (χ1v) is 8.44. The Morgan fingerprint density at radius 2 is 2.30 bits per heavy atom. The summed E-state index contributed by atoms with van der Waals surface area (Å²) in [4.78, 5) is 13.0. The Hall–Kier alpha value is -1.07. The highest BCUT2D eigenvalue weighted by Gasteiger charge is 2.25. The average Bonchev–Trinajstić information content (AvgIpc) is 3.14. The van der Waals surface area contributed by atoms with E-state index in [2.05, 4.69) is 28.2 Å². The van der Waals surface area contributed by atoms with Crippen molar-refractivity contribution in [2.45, 2.75) is 32.2 Å². The number of hydrogen-bond donors (Lipinski definition) is 2. The lowest BCUT2D eigenvalue weighted by Gasteiger charge is -2.12. The van der Waals surface area contributed by atoms with Crippen LogP contribution in [0.2, 0.25) is 0 Å². The molecule has 5 heteroatoms. The molecule has 1 fully saturated rings. The number of thiophene rings is 1. The molecule has 1 aliphatic carbocycles. The van der Waals surface area contributed by atoms with Gasteiger partial charge in [-0.2, -0.15) is 0 Å². The van der Waals surface area contributed by atoms with Gasteiger partial charge in [0.15, 0.2) is 0 Å². The predicted molar refractivity (Wildman–Crippen MR) is 88.2 cm³/mol. The van der Waals surface area contributed by atoms with Gasteiger partial charge < -0.3 is 11.1 Å². The Morgan fingerprint density at radius 1 is 1.55 bits per heavy atom. The van der Waals surface area contributed by atoms with Crippen LogP contribution in [0.4, 0.5) is 5.69 Å². The van der Waals surface area contributed by atoms with Crippen LogP contribution >= 0.6 is 27.3 Å². The van der Waals surface area contributed by atoms with Crippen molar-refractivity contribution in [1.29, 1.82) is 0 Å². The number of rotatable bonds is 4. The van der Waals surface area contributed by atoms with Gasteiger partial charge in [0.25, 0.3) is 5.91 Å². The summed E-state index contributed by atoms with van der Waals surface area (Å²) in [5, 5.41) is 4.01. The summed E-state index contributed by atoms with van der Waals surface area (Å²) in [5.74, 6) is 0.758. The summed E-state index contributed by atoms with van der Waals surface area (Å²) in [6.45, 7) is 2.07. The number of benzene rings is 1. The lowest BCUT2D eigenvalue weighted by atomic mass is 10.1. The summed E-state index contributed by atoms with van der Waals surface area (Å²) >= 11 is 4.90. The van der Waals surface area contributed by atoms with E-state index in [4.69, 9.17) is 5.73 Å². The van der Waals surface area contributed by atoms with E-state index < -0.39 is 0 Å². The molecule has 20 heavy (non-hydrogen) atoms. The lowest BCUT2D eigenvalue weighted by Crippen LogP contribution is -2.32. The zero-order valence-electron chi connectivity index (χ0n) is 11.3. The molecule has 1 aliphatic rings. The number of amides is 1. The number of nitrogens with one attached hydrogen (secondary N) is 1. The predicted octanol–water partition coefficient (Wildman–Crippen LogP) is 4.16. The van der Waals surface area contributed by atoms with Crippen molar-refractivity contribution in [3.8, 4) is 0 Å². The van der Waals surface area contributed by atoms with E-state index >= 15 is 0 Å². The van der Waals surface area contributed by atoms with Crippen molar-refractivity contribution in [2.75, 3.05) is 5.73 Å². The van der Waals surface area contributed by atoms with E-state index in [-0.39, 0.29) is 11.9 Å². The van der Waals surface area contributed by atoms with Crippen LogP contribution in [0.1, 0.15) is 35.9 Å². The molecule has 1 aromatic carbocycles. The number of halogens is 1. The Labute approximate surface area is 130 Å². The second-order valence-corrected chi connectivity index (χ2v) is 7.51. The molecule has 0 bridgehead atoms. The van der Waals surface area contributed by atoms with Crippen molar-refractivity contribution in [3.63, 3.8) is 0 Å². The van der Waals surface area contributed by atoms with Gasteiger partial charge >= 0.3 is 0 Å². The summed E-state index contributed by atoms with van der Waals surface area (Å²) in [5.41, 5.74) is 6.71. The van der Waals surface area contributed by atoms with Gasteiger partial charge in [0, 0.05) is 20.6 Å². The van der Waals surface area contributed by atoms with Crippen LogP contribution in [-0.2, 0) is 0 Å². The molecular weight excluding hydrogens is 336 g/mol. The zero-order valence-corrected chi connectivity index (χ0v) is 13.7. The monoisotopic (exact) mass is 352 g/mol. The van der Waals surface area contributed by atoms with Crippen LogP contribution in [0.25, 0.3) is 10.1 Å². The Kier molecular flexibility index (Phi) is 3.73. The molecule has 1 unspecified atom stereocenters. The first kappa shape index (κ1) is 13.9. The summed E-state index contributed by atoms with van der Waals surface area (Å²) in [7, 11) is 0. The maximum absolute atomic E-state index is 12.3. The van der Waals surface area contributed by atoms with Gasteiger partial charge in [-0.3, -0.25) is 4.79 Å². The molecule has 1 heterocycles. The fraction of sp³-hybridized carbons (Fsp3) is 0.400. The molecule has 3 rings (SSSR count). The zero-order chi connectivity index (χ0) is 14.3. The second-order valence-electron chi connectivity index (χ2n) is 5.54. The highest BCUT2D eigenvalue weighted by Crippen LogP contribution is 2.36. The average molecular weight is 353 g/mol. The highest BCUT2D eigenvalue weighted by molar-refractivity contribution is 9.10. The van der Waals surface area contributed by atoms with Gasteiger partial charge in [-0.05, 0) is 37.5 Å². The molecule has 0 radical (unpaired) electrons. The fourth-order valence-corrected chi connectivity index (χ4v) is 3.83. The highest BCUT2D eigenvalue weighted by atomic mass is 79.9. The molecular formula is C15H17BrN2OS. The van der Waals surface area contributed by atoms with Gasteiger partial charge in [-0.25, -0.2) is 0 Å². The van der Waals surface area contributed by atoms with Crippen molar-refractivity contribution >= 4 is 48.9 Å². The number of carbonyl (C=O) groups is 1. The van der Waals surface area contributed by atoms with E-state index in [1.165, 1.54) is 24.2 Å². The molecule has 3 N–H and O–H groups in total. The molecule has 3 nitrogen and oxygen atoms in total. The van der Waals surface area contributed by atoms with Crippen LogP contribution in [-0.4, -0.2) is 11.9 Å². The first-order chi connectivity index (χ1) is 9.54. The smallest absolute Gasteiger partial charge is 0.263 e. The molecule has 1 atom stereocenters. The largest absolute Gasteiger partial charge is 0.397 e. The number of carbonyl (C=O) groups excluding carboxylic acids is 1. The minimum atomic E-state index is -0.0482. The maximum atomic E-state index is 12.3. The van der Waals surface area contributed by atoms with E-state index in [1.807, 2.05) is 18.2 Å². The summed E-state index contributed by atoms with van der Waals surface area (Å²) < 4.78 is 2.02. The molecule has 2 aromatic rings.